The molecule has 150 valence electrons. The molecule has 29 heavy (non-hydrogen) atoms. The van der Waals surface area contributed by atoms with Crippen molar-refractivity contribution < 1.29 is 4.74 Å². The molecule has 2 aromatic heterocycles. The summed E-state index contributed by atoms with van der Waals surface area (Å²) < 4.78 is 5.62. The predicted molar refractivity (Wildman–Crippen MR) is 113 cm³/mol. The van der Waals surface area contributed by atoms with Crippen LogP contribution in [0, 0.1) is 0 Å². The Morgan fingerprint density at radius 1 is 1.07 bits per heavy atom. The minimum Gasteiger partial charge on any atom is -0.379 e. The van der Waals surface area contributed by atoms with Gasteiger partial charge in [0.15, 0.2) is 0 Å². The lowest BCUT2D eigenvalue weighted by molar-refractivity contribution is 0.00896. The van der Waals surface area contributed by atoms with E-state index in [1.807, 2.05) is 0 Å². The molecule has 2 fully saturated rings. The van der Waals surface area contributed by atoms with E-state index in [-0.39, 0.29) is 6.04 Å². The number of hydrogen-bond acceptors (Lipinski definition) is 5. The number of anilines is 1. The molecule has 1 saturated carbocycles. The lowest BCUT2D eigenvalue weighted by Gasteiger charge is -2.43. The Morgan fingerprint density at radius 2 is 1.93 bits per heavy atom. The third-order valence-electron chi connectivity index (χ3n) is 6.75. The third-order valence-corrected chi connectivity index (χ3v) is 6.75. The van der Waals surface area contributed by atoms with Gasteiger partial charge in [-0.25, -0.2) is 9.97 Å². The van der Waals surface area contributed by atoms with E-state index in [1.165, 1.54) is 29.7 Å². The SMILES string of the molecule is c1ccc2c(c1)CC[C@H](N1CCOCC1)[C@H]2Nc1ncnc2[nH]c(C3CC3)cc12. The number of aromatic nitrogens is 3. The number of morpholine rings is 1. The van der Waals surface area contributed by atoms with Crippen LogP contribution in [0.3, 0.4) is 0 Å². The molecule has 1 saturated heterocycles. The summed E-state index contributed by atoms with van der Waals surface area (Å²) in [5.41, 5.74) is 5.10. The van der Waals surface area contributed by atoms with Gasteiger partial charge >= 0.3 is 0 Å². The monoisotopic (exact) mass is 389 g/mol. The number of H-pyrrole nitrogens is 1. The smallest absolute Gasteiger partial charge is 0.143 e. The summed E-state index contributed by atoms with van der Waals surface area (Å²) in [5.74, 6) is 1.62. The fraction of sp³-hybridized carbons (Fsp3) is 0.478. The molecule has 2 atom stereocenters. The third kappa shape index (κ3) is 3.20. The highest BCUT2D eigenvalue weighted by atomic mass is 16.5. The molecule has 3 heterocycles. The highest BCUT2D eigenvalue weighted by molar-refractivity contribution is 5.88. The van der Waals surface area contributed by atoms with Gasteiger partial charge in [0.1, 0.15) is 17.8 Å². The van der Waals surface area contributed by atoms with Gasteiger partial charge < -0.3 is 15.0 Å². The number of aromatic amines is 1. The Bertz CT molecular complexity index is 1020. The average Bonchev–Trinajstić information content (AvgIpc) is 3.53. The Balaban J connectivity index is 1.38. The van der Waals surface area contributed by atoms with Crippen LogP contribution in [-0.2, 0) is 11.2 Å². The number of aryl methyl sites for hydroxylation is 1. The Labute approximate surface area is 170 Å². The molecule has 0 radical (unpaired) electrons. The van der Waals surface area contributed by atoms with Crippen molar-refractivity contribution in [1.82, 2.24) is 19.9 Å². The molecule has 3 aliphatic rings. The molecule has 2 N–H and O–H groups in total. The van der Waals surface area contributed by atoms with Crippen molar-refractivity contribution in [3.63, 3.8) is 0 Å². The van der Waals surface area contributed by atoms with Gasteiger partial charge in [-0.3, -0.25) is 4.90 Å². The summed E-state index contributed by atoms with van der Waals surface area (Å²) in [5, 5.41) is 4.96. The normalized spacial score (nSPS) is 25.1. The molecular formula is C23H27N5O. The summed E-state index contributed by atoms with van der Waals surface area (Å²) in [6.07, 6.45) is 6.52. The van der Waals surface area contributed by atoms with E-state index in [2.05, 4.69) is 55.5 Å². The number of fused-ring (bicyclic) bond motifs is 2. The van der Waals surface area contributed by atoms with Gasteiger partial charge in [-0.15, -0.1) is 0 Å². The number of hydrogen-bond donors (Lipinski definition) is 2. The highest BCUT2D eigenvalue weighted by Gasteiger charge is 2.35. The molecule has 1 aliphatic heterocycles. The van der Waals surface area contributed by atoms with E-state index in [1.54, 1.807) is 6.33 Å². The van der Waals surface area contributed by atoms with E-state index in [0.29, 0.717) is 12.0 Å². The van der Waals surface area contributed by atoms with Crippen LogP contribution in [0.25, 0.3) is 11.0 Å². The van der Waals surface area contributed by atoms with Crippen molar-refractivity contribution in [1.29, 1.82) is 0 Å². The molecule has 6 rings (SSSR count). The molecule has 1 aromatic carbocycles. The zero-order valence-electron chi connectivity index (χ0n) is 16.6. The maximum Gasteiger partial charge on any atom is 0.143 e. The lowest BCUT2D eigenvalue weighted by Crippen LogP contribution is -2.49. The summed E-state index contributed by atoms with van der Waals surface area (Å²) >= 11 is 0. The van der Waals surface area contributed by atoms with Crippen molar-refractivity contribution in [3.8, 4) is 0 Å². The minimum absolute atomic E-state index is 0.218. The molecule has 2 aliphatic carbocycles. The van der Waals surface area contributed by atoms with E-state index in [0.717, 1.165) is 56.0 Å². The largest absolute Gasteiger partial charge is 0.379 e. The van der Waals surface area contributed by atoms with Crippen molar-refractivity contribution >= 4 is 16.9 Å². The second-order valence-corrected chi connectivity index (χ2v) is 8.56. The van der Waals surface area contributed by atoms with Gasteiger partial charge in [-0.1, -0.05) is 24.3 Å². The number of nitrogens with zero attached hydrogens (tertiary/aromatic N) is 3. The first-order valence-corrected chi connectivity index (χ1v) is 10.9. The molecule has 0 unspecified atom stereocenters. The number of ether oxygens (including phenoxy) is 1. The van der Waals surface area contributed by atoms with Crippen molar-refractivity contribution in [2.45, 2.75) is 43.7 Å². The zero-order chi connectivity index (χ0) is 19.2. The first kappa shape index (κ1) is 17.4. The number of benzene rings is 1. The van der Waals surface area contributed by atoms with Crippen LogP contribution in [0.5, 0.6) is 0 Å². The molecular weight excluding hydrogens is 362 g/mol. The van der Waals surface area contributed by atoms with Gasteiger partial charge in [-0.05, 0) is 48.8 Å². The van der Waals surface area contributed by atoms with Crippen LogP contribution >= 0.6 is 0 Å². The van der Waals surface area contributed by atoms with Gasteiger partial charge in [0.05, 0.1) is 24.6 Å². The Morgan fingerprint density at radius 3 is 2.79 bits per heavy atom. The summed E-state index contributed by atoms with van der Waals surface area (Å²) in [6.45, 7) is 3.65. The van der Waals surface area contributed by atoms with E-state index in [4.69, 9.17) is 4.74 Å². The molecule has 6 nitrogen and oxygen atoms in total. The molecule has 6 heteroatoms. The van der Waals surface area contributed by atoms with E-state index in [9.17, 15) is 0 Å². The Kier molecular flexibility index (Phi) is 4.27. The minimum atomic E-state index is 0.218. The van der Waals surface area contributed by atoms with Gasteiger partial charge in [0.2, 0.25) is 0 Å². The van der Waals surface area contributed by atoms with Gasteiger partial charge in [0.25, 0.3) is 0 Å². The average molecular weight is 390 g/mol. The first-order valence-electron chi connectivity index (χ1n) is 10.9. The fourth-order valence-electron chi connectivity index (χ4n) is 5.06. The number of nitrogens with one attached hydrogen (secondary N) is 2. The van der Waals surface area contributed by atoms with Crippen molar-refractivity contribution in [2.24, 2.45) is 0 Å². The second kappa shape index (κ2) is 7.11. The van der Waals surface area contributed by atoms with Crippen LogP contribution in [0.15, 0.2) is 36.7 Å². The Hall–Kier alpha value is -2.44. The van der Waals surface area contributed by atoms with Crippen molar-refractivity contribution in [2.75, 3.05) is 31.6 Å². The summed E-state index contributed by atoms with van der Waals surface area (Å²) in [6, 6.07) is 11.8. The van der Waals surface area contributed by atoms with E-state index < -0.39 is 0 Å². The van der Waals surface area contributed by atoms with Crippen LogP contribution < -0.4 is 5.32 Å². The summed E-state index contributed by atoms with van der Waals surface area (Å²) in [4.78, 5) is 15.3. The quantitative estimate of drug-likeness (QED) is 0.713. The maximum atomic E-state index is 5.62. The standard InChI is InChI=1S/C23H27N5O/c1-2-4-17-15(3-1)7-8-20(28-9-11-29-12-10-28)21(17)27-23-18-13-19(16-5-6-16)26-22(18)24-14-25-23/h1-4,13-14,16,20-21H,5-12H2,(H2,24,25,26,27)/t20-,21-/m0/s1. The van der Waals surface area contributed by atoms with Gasteiger partial charge in [0, 0.05) is 24.8 Å². The van der Waals surface area contributed by atoms with Crippen LogP contribution in [0.1, 0.15) is 48.0 Å². The van der Waals surface area contributed by atoms with Gasteiger partial charge in [-0.2, -0.15) is 0 Å². The first-order chi connectivity index (χ1) is 14.4. The molecule has 0 spiro atoms. The van der Waals surface area contributed by atoms with Crippen LogP contribution in [0.2, 0.25) is 0 Å². The van der Waals surface area contributed by atoms with E-state index >= 15 is 0 Å². The lowest BCUT2D eigenvalue weighted by atomic mass is 9.83. The summed E-state index contributed by atoms with van der Waals surface area (Å²) in [7, 11) is 0. The molecule has 0 amide bonds. The predicted octanol–water partition coefficient (Wildman–Crippen LogP) is 3.64. The van der Waals surface area contributed by atoms with Crippen LogP contribution in [0.4, 0.5) is 5.82 Å². The molecule has 3 aromatic rings. The maximum absolute atomic E-state index is 5.62. The fourth-order valence-corrected chi connectivity index (χ4v) is 5.06. The topological polar surface area (TPSA) is 66.1 Å². The van der Waals surface area contributed by atoms with Crippen LogP contribution in [-0.4, -0.2) is 52.2 Å². The highest BCUT2D eigenvalue weighted by Crippen LogP contribution is 2.42. The number of rotatable bonds is 4. The zero-order valence-corrected chi connectivity index (χ0v) is 16.6. The molecule has 0 bridgehead atoms. The van der Waals surface area contributed by atoms with Crippen molar-refractivity contribution in [3.05, 3.63) is 53.5 Å². The second-order valence-electron chi connectivity index (χ2n) is 8.56.